The van der Waals surface area contributed by atoms with Crippen LogP contribution < -0.4 is 10.1 Å². The minimum atomic E-state index is -0.531. The van der Waals surface area contributed by atoms with Gasteiger partial charge in [-0.2, -0.15) is 0 Å². The summed E-state index contributed by atoms with van der Waals surface area (Å²) in [7, 11) is 1.59. The summed E-state index contributed by atoms with van der Waals surface area (Å²) in [4.78, 5) is 27.1. The number of ether oxygens (including phenoxy) is 1. The average molecular weight is 489 g/mol. The monoisotopic (exact) mass is 488 g/mol. The second-order valence-corrected chi connectivity index (χ2v) is 9.40. The molecule has 0 fully saturated rings. The number of nitrogens with zero attached hydrogens (tertiary/aromatic N) is 1. The van der Waals surface area contributed by atoms with E-state index in [0.717, 1.165) is 10.0 Å². The molecule has 2 aromatic rings. The maximum Gasteiger partial charge on any atom is 0.261 e. The van der Waals surface area contributed by atoms with Crippen LogP contribution in [-0.2, 0) is 21.4 Å². The molecule has 31 heavy (non-hydrogen) atoms. The second-order valence-electron chi connectivity index (χ2n) is 8.54. The molecule has 0 saturated heterocycles. The maximum atomic E-state index is 13.1. The quantitative estimate of drug-likeness (QED) is 0.555. The van der Waals surface area contributed by atoms with Crippen LogP contribution in [0.2, 0.25) is 0 Å². The molecule has 2 rings (SSSR count). The minimum Gasteiger partial charge on any atom is -0.483 e. The fraction of sp³-hybridized carbons (Fsp3) is 0.440. The molecule has 0 bridgehead atoms. The van der Waals surface area contributed by atoms with Crippen molar-refractivity contribution < 1.29 is 14.3 Å². The normalized spacial score (nSPS) is 12.2. The number of benzene rings is 2. The van der Waals surface area contributed by atoms with Gasteiger partial charge in [0.05, 0.1) is 4.47 Å². The maximum absolute atomic E-state index is 13.1. The Balaban J connectivity index is 2.13. The molecular formula is C25H33BrN2O3. The first kappa shape index (κ1) is 24.9. The summed E-state index contributed by atoms with van der Waals surface area (Å²) in [5, 5.41) is 2.67. The van der Waals surface area contributed by atoms with Crippen molar-refractivity contribution >= 4 is 27.7 Å². The summed E-state index contributed by atoms with van der Waals surface area (Å²) in [5.74, 6) is 0.232. The average Bonchev–Trinajstić information content (AvgIpc) is 2.75. The van der Waals surface area contributed by atoms with Gasteiger partial charge in [0.15, 0.2) is 6.61 Å². The van der Waals surface area contributed by atoms with Gasteiger partial charge in [-0.1, -0.05) is 64.1 Å². The van der Waals surface area contributed by atoms with E-state index in [0.29, 0.717) is 25.1 Å². The summed E-state index contributed by atoms with van der Waals surface area (Å²) < 4.78 is 6.64. The Morgan fingerprint density at radius 3 is 2.35 bits per heavy atom. The van der Waals surface area contributed by atoms with Gasteiger partial charge in [-0.15, -0.1) is 0 Å². The van der Waals surface area contributed by atoms with Gasteiger partial charge in [-0.3, -0.25) is 9.59 Å². The van der Waals surface area contributed by atoms with E-state index >= 15 is 0 Å². The van der Waals surface area contributed by atoms with Crippen molar-refractivity contribution in [3.8, 4) is 5.75 Å². The van der Waals surface area contributed by atoms with Gasteiger partial charge < -0.3 is 15.0 Å². The van der Waals surface area contributed by atoms with Crippen LogP contribution in [0.3, 0.4) is 0 Å². The Hall–Kier alpha value is -2.34. The van der Waals surface area contributed by atoms with Gasteiger partial charge in [0.1, 0.15) is 11.8 Å². The van der Waals surface area contributed by atoms with Gasteiger partial charge >= 0.3 is 0 Å². The van der Waals surface area contributed by atoms with Crippen LogP contribution >= 0.6 is 15.9 Å². The van der Waals surface area contributed by atoms with Crippen LogP contribution in [0.15, 0.2) is 53.0 Å². The molecule has 0 saturated carbocycles. The van der Waals surface area contributed by atoms with Crippen LogP contribution in [0.4, 0.5) is 0 Å². The molecule has 0 aliphatic carbocycles. The van der Waals surface area contributed by atoms with Crippen molar-refractivity contribution in [2.45, 2.75) is 52.0 Å². The highest BCUT2D eigenvalue weighted by Crippen LogP contribution is 2.31. The smallest absolute Gasteiger partial charge is 0.261 e. The summed E-state index contributed by atoms with van der Waals surface area (Å²) >= 11 is 3.55. The lowest BCUT2D eigenvalue weighted by molar-refractivity contribution is -0.142. The van der Waals surface area contributed by atoms with Crippen molar-refractivity contribution in [2.24, 2.45) is 0 Å². The topological polar surface area (TPSA) is 58.6 Å². The highest BCUT2D eigenvalue weighted by atomic mass is 79.9. The largest absolute Gasteiger partial charge is 0.483 e. The number of nitrogens with one attached hydrogen (secondary N) is 1. The van der Waals surface area contributed by atoms with Gasteiger partial charge in [0.2, 0.25) is 5.91 Å². The molecule has 2 aromatic carbocycles. The van der Waals surface area contributed by atoms with E-state index in [4.69, 9.17) is 4.74 Å². The summed E-state index contributed by atoms with van der Waals surface area (Å²) in [6.07, 6.45) is 1.20. The molecule has 5 nitrogen and oxygen atoms in total. The van der Waals surface area contributed by atoms with E-state index in [2.05, 4.69) is 42.0 Å². The van der Waals surface area contributed by atoms with E-state index in [-0.39, 0.29) is 23.8 Å². The van der Waals surface area contributed by atoms with E-state index in [9.17, 15) is 9.59 Å². The predicted molar refractivity (Wildman–Crippen MR) is 128 cm³/mol. The molecule has 0 aromatic heterocycles. The number of carbonyl (C=O) groups is 2. The molecule has 0 radical (unpaired) electrons. The molecule has 0 heterocycles. The predicted octanol–water partition coefficient (Wildman–Crippen LogP) is 4.72. The van der Waals surface area contributed by atoms with Crippen LogP contribution in [0, 0.1) is 0 Å². The van der Waals surface area contributed by atoms with Crippen molar-refractivity contribution in [3.05, 3.63) is 64.1 Å². The molecule has 0 unspecified atom stereocenters. The zero-order chi connectivity index (χ0) is 23.0. The van der Waals surface area contributed by atoms with Crippen LogP contribution in [-0.4, -0.2) is 43.0 Å². The van der Waals surface area contributed by atoms with E-state index in [1.54, 1.807) is 11.9 Å². The molecule has 1 atom stereocenters. The number of hydrogen-bond donors (Lipinski definition) is 1. The summed E-state index contributed by atoms with van der Waals surface area (Å²) in [6, 6.07) is 15.3. The lowest BCUT2D eigenvalue weighted by Gasteiger charge is -2.30. The Morgan fingerprint density at radius 2 is 1.81 bits per heavy atom. The number of rotatable bonds is 9. The fourth-order valence-electron chi connectivity index (χ4n) is 3.37. The first-order chi connectivity index (χ1) is 14.7. The molecule has 2 amide bonds. The third kappa shape index (κ3) is 7.10. The fourth-order valence-corrected chi connectivity index (χ4v) is 3.86. The highest BCUT2D eigenvalue weighted by molar-refractivity contribution is 9.10. The van der Waals surface area contributed by atoms with Gasteiger partial charge in [0.25, 0.3) is 5.91 Å². The van der Waals surface area contributed by atoms with E-state index in [1.165, 1.54) is 5.56 Å². The number of amides is 2. The second kappa shape index (κ2) is 11.3. The Labute approximate surface area is 194 Å². The highest BCUT2D eigenvalue weighted by Gasteiger charge is 2.28. The van der Waals surface area contributed by atoms with Crippen LogP contribution in [0.5, 0.6) is 5.75 Å². The SMILES string of the molecule is CC[C@H](C(=O)NC)N(CCc1ccccc1)C(=O)COc1ccc(C(C)(C)C)cc1Br. The third-order valence-electron chi connectivity index (χ3n) is 5.27. The molecule has 0 aliphatic rings. The van der Waals surface area contributed by atoms with Crippen LogP contribution in [0.1, 0.15) is 45.2 Å². The molecule has 168 valence electrons. The molecular weight excluding hydrogens is 456 g/mol. The number of carbonyl (C=O) groups excluding carboxylic acids is 2. The summed E-state index contributed by atoms with van der Waals surface area (Å²) in [6.45, 7) is 8.66. The molecule has 6 heteroatoms. The van der Waals surface area contributed by atoms with Gasteiger partial charge in [-0.05, 0) is 57.4 Å². The first-order valence-electron chi connectivity index (χ1n) is 10.6. The lowest BCUT2D eigenvalue weighted by Crippen LogP contribution is -2.50. The standard InChI is InChI=1S/C25H33BrN2O3/c1-6-21(24(30)27-5)28(15-14-18-10-8-7-9-11-18)23(29)17-31-22-13-12-19(16-20(22)26)25(2,3)4/h7-13,16,21H,6,14-15,17H2,1-5H3,(H,27,30)/t21-/m1/s1. The molecule has 0 aliphatic heterocycles. The van der Waals surface area contributed by atoms with E-state index < -0.39 is 6.04 Å². The number of hydrogen-bond acceptors (Lipinski definition) is 3. The van der Waals surface area contributed by atoms with Gasteiger partial charge in [0, 0.05) is 13.6 Å². The zero-order valence-electron chi connectivity index (χ0n) is 19.1. The Kier molecular flexibility index (Phi) is 9.11. The van der Waals surface area contributed by atoms with E-state index in [1.807, 2.05) is 55.5 Å². The summed E-state index contributed by atoms with van der Waals surface area (Å²) in [5.41, 5.74) is 2.31. The van der Waals surface area contributed by atoms with Crippen molar-refractivity contribution in [1.29, 1.82) is 0 Å². The number of likely N-dealkylation sites (N-methyl/N-ethyl adjacent to an activating group) is 1. The van der Waals surface area contributed by atoms with Crippen LogP contribution in [0.25, 0.3) is 0 Å². The lowest BCUT2D eigenvalue weighted by atomic mass is 9.87. The third-order valence-corrected chi connectivity index (χ3v) is 5.89. The minimum absolute atomic E-state index is 0.0208. The molecule has 1 N–H and O–H groups in total. The number of halogens is 1. The van der Waals surface area contributed by atoms with Crippen molar-refractivity contribution in [2.75, 3.05) is 20.2 Å². The Morgan fingerprint density at radius 1 is 1.13 bits per heavy atom. The molecule has 0 spiro atoms. The Bertz CT molecular complexity index is 878. The first-order valence-corrected chi connectivity index (χ1v) is 11.4. The van der Waals surface area contributed by atoms with Crippen molar-refractivity contribution in [3.63, 3.8) is 0 Å². The zero-order valence-corrected chi connectivity index (χ0v) is 20.7. The van der Waals surface area contributed by atoms with Crippen molar-refractivity contribution in [1.82, 2.24) is 10.2 Å². The van der Waals surface area contributed by atoms with Gasteiger partial charge in [-0.25, -0.2) is 0 Å².